The molecule has 26 heavy (non-hydrogen) atoms. The third-order valence-electron chi connectivity index (χ3n) is 5.08. The molecule has 2 unspecified atom stereocenters. The van der Waals surface area contributed by atoms with Crippen LogP contribution in [-0.2, 0) is 4.74 Å². The predicted molar refractivity (Wildman–Crippen MR) is 89.6 cm³/mol. The van der Waals surface area contributed by atoms with Gasteiger partial charge in [-0.15, -0.1) is 0 Å². The standard InChI is InChI=1S/C17H18N4O5/c1-25-17(22)11-4-10(7-14(8-11)21(23)24)16-19-15(20-26-16)9-5-12-2-3-13(6-9)18-12/h4,7-9,12-13,18H,2-3,5-6H2,1H3. The van der Waals surface area contributed by atoms with Gasteiger partial charge in [0.15, 0.2) is 5.82 Å². The van der Waals surface area contributed by atoms with Crippen LogP contribution in [0.15, 0.2) is 22.7 Å². The van der Waals surface area contributed by atoms with Gasteiger partial charge in [0.2, 0.25) is 0 Å². The van der Waals surface area contributed by atoms with Crippen LogP contribution < -0.4 is 5.32 Å². The van der Waals surface area contributed by atoms with Gasteiger partial charge >= 0.3 is 5.97 Å². The van der Waals surface area contributed by atoms with Crippen molar-refractivity contribution in [3.8, 4) is 11.5 Å². The second-order valence-corrected chi connectivity index (χ2v) is 6.78. The van der Waals surface area contributed by atoms with Crippen LogP contribution in [0.2, 0.25) is 0 Å². The molecule has 3 heterocycles. The van der Waals surface area contributed by atoms with Crippen LogP contribution in [0, 0.1) is 10.1 Å². The largest absolute Gasteiger partial charge is 0.465 e. The highest BCUT2D eigenvalue weighted by Gasteiger charge is 2.36. The van der Waals surface area contributed by atoms with Crippen molar-refractivity contribution in [3.63, 3.8) is 0 Å². The van der Waals surface area contributed by atoms with Gasteiger partial charge in [0.1, 0.15) is 0 Å². The van der Waals surface area contributed by atoms with Crippen LogP contribution in [0.3, 0.4) is 0 Å². The van der Waals surface area contributed by atoms with E-state index < -0.39 is 10.9 Å². The Morgan fingerprint density at radius 2 is 2.04 bits per heavy atom. The first-order valence-electron chi connectivity index (χ1n) is 8.51. The summed E-state index contributed by atoms with van der Waals surface area (Å²) in [6, 6.07) is 4.92. The SMILES string of the molecule is COC(=O)c1cc(-c2nc(C3CC4CCC(C3)N4)no2)cc([N+](=O)[O-])c1. The third kappa shape index (κ3) is 3.05. The Balaban J connectivity index is 1.65. The zero-order valence-corrected chi connectivity index (χ0v) is 14.2. The molecule has 0 spiro atoms. The molecular weight excluding hydrogens is 340 g/mol. The van der Waals surface area contributed by atoms with Crippen molar-refractivity contribution in [2.45, 2.75) is 43.7 Å². The Hall–Kier alpha value is -2.81. The van der Waals surface area contributed by atoms with Crippen molar-refractivity contribution in [1.29, 1.82) is 0 Å². The topological polar surface area (TPSA) is 120 Å². The molecule has 136 valence electrons. The molecule has 2 aliphatic rings. The fourth-order valence-corrected chi connectivity index (χ4v) is 3.86. The van der Waals surface area contributed by atoms with Crippen LogP contribution in [-0.4, -0.2) is 40.2 Å². The maximum atomic E-state index is 11.8. The van der Waals surface area contributed by atoms with Crippen molar-refractivity contribution in [1.82, 2.24) is 15.5 Å². The van der Waals surface area contributed by atoms with Crippen LogP contribution in [0.5, 0.6) is 0 Å². The summed E-state index contributed by atoms with van der Waals surface area (Å²) in [5, 5.41) is 18.8. The minimum Gasteiger partial charge on any atom is -0.465 e. The Bertz CT molecular complexity index is 853. The number of hydrogen-bond donors (Lipinski definition) is 1. The van der Waals surface area contributed by atoms with E-state index in [9.17, 15) is 14.9 Å². The average Bonchev–Trinajstić information content (AvgIpc) is 3.27. The van der Waals surface area contributed by atoms with Gasteiger partial charge in [0.25, 0.3) is 11.6 Å². The normalized spacial score (nSPS) is 24.4. The third-order valence-corrected chi connectivity index (χ3v) is 5.08. The molecule has 1 aromatic heterocycles. The van der Waals surface area contributed by atoms with Crippen LogP contribution in [0.4, 0.5) is 5.69 Å². The lowest BCUT2D eigenvalue weighted by molar-refractivity contribution is -0.384. The first-order valence-corrected chi connectivity index (χ1v) is 8.51. The number of methoxy groups -OCH3 is 1. The molecule has 2 atom stereocenters. The van der Waals surface area contributed by atoms with Crippen LogP contribution in [0.25, 0.3) is 11.5 Å². The van der Waals surface area contributed by atoms with E-state index >= 15 is 0 Å². The highest BCUT2D eigenvalue weighted by atomic mass is 16.6. The number of rotatable bonds is 4. The molecule has 2 aromatic rings. The zero-order chi connectivity index (χ0) is 18.3. The first kappa shape index (κ1) is 16.6. The van der Waals surface area contributed by atoms with E-state index in [4.69, 9.17) is 4.52 Å². The summed E-state index contributed by atoms with van der Waals surface area (Å²) in [5.41, 5.74) is 0.161. The molecule has 1 aromatic carbocycles. The Morgan fingerprint density at radius 3 is 2.69 bits per heavy atom. The smallest absolute Gasteiger partial charge is 0.338 e. The van der Waals surface area contributed by atoms with Gasteiger partial charge in [-0.05, 0) is 31.7 Å². The molecule has 9 heteroatoms. The van der Waals surface area contributed by atoms with E-state index in [1.165, 1.54) is 32.1 Å². The maximum Gasteiger partial charge on any atom is 0.338 e. The molecule has 0 radical (unpaired) electrons. The van der Waals surface area contributed by atoms with Crippen molar-refractivity contribution in [2.24, 2.45) is 0 Å². The Labute approximate surface area is 148 Å². The second-order valence-electron chi connectivity index (χ2n) is 6.78. The number of nitro groups is 1. The molecule has 4 rings (SSSR count). The molecule has 2 bridgehead atoms. The van der Waals surface area contributed by atoms with Crippen molar-refractivity contribution < 1.29 is 19.0 Å². The molecular formula is C17H18N4O5. The Kier molecular flexibility index (Phi) is 4.15. The molecule has 2 aliphatic heterocycles. The molecule has 0 saturated carbocycles. The maximum absolute atomic E-state index is 11.8. The summed E-state index contributed by atoms with van der Waals surface area (Å²) in [7, 11) is 1.22. The van der Waals surface area contributed by atoms with Crippen molar-refractivity contribution in [2.75, 3.05) is 7.11 Å². The summed E-state index contributed by atoms with van der Waals surface area (Å²) in [6.45, 7) is 0. The summed E-state index contributed by atoms with van der Waals surface area (Å²) in [4.78, 5) is 26.8. The fourth-order valence-electron chi connectivity index (χ4n) is 3.86. The van der Waals surface area contributed by atoms with E-state index in [1.807, 2.05) is 0 Å². The lowest BCUT2D eigenvalue weighted by Gasteiger charge is -2.26. The zero-order valence-electron chi connectivity index (χ0n) is 14.2. The minimum absolute atomic E-state index is 0.0661. The highest BCUT2D eigenvalue weighted by Crippen LogP contribution is 2.37. The van der Waals surface area contributed by atoms with Gasteiger partial charge < -0.3 is 14.6 Å². The number of nitrogens with zero attached hydrogens (tertiary/aromatic N) is 3. The molecule has 2 saturated heterocycles. The number of nitro benzene ring substituents is 1. The molecule has 9 nitrogen and oxygen atoms in total. The monoisotopic (exact) mass is 358 g/mol. The minimum atomic E-state index is -0.662. The molecule has 1 N–H and O–H groups in total. The lowest BCUT2D eigenvalue weighted by atomic mass is 9.92. The van der Waals surface area contributed by atoms with E-state index in [2.05, 4.69) is 20.2 Å². The van der Waals surface area contributed by atoms with Gasteiger partial charge in [0, 0.05) is 35.7 Å². The highest BCUT2D eigenvalue weighted by molar-refractivity contribution is 5.91. The number of ether oxygens (including phenoxy) is 1. The fraction of sp³-hybridized carbons (Fsp3) is 0.471. The number of carbonyl (C=O) groups is 1. The number of nitrogens with one attached hydrogen (secondary N) is 1. The summed E-state index contributed by atoms with van der Waals surface area (Å²) < 4.78 is 10.00. The van der Waals surface area contributed by atoms with Crippen LogP contribution in [0.1, 0.15) is 47.8 Å². The van der Waals surface area contributed by atoms with Gasteiger partial charge in [-0.1, -0.05) is 5.16 Å². The van der Waals surface area contributed by atoms with Gasteiger partial charge in [-0.25, -0.2) is 4.79 Å². The van der Waals surface area contributed by atoms with Crippen molar-refractivity contribution in [3.05, 3.63) is 39.7 Å². The van der Waals surface area contributed by atoms with Crippen molar-refractivity contribution >= 4 is 11.7 Å². The number of benzene rings is 1. The van der Waals surface area contributed by atoms with Gasteiger partial charge in [0.05, 0.1) is 17.6 Å². The molecule has 0 aliphatic carbocycles. The summed E-state index contributed by atoms with van der Waals surface area (Å²) in [6.07, 6.45) is 4.24. The second kappa shape index (κ2) is 6.49. The number of esters is 1. The first-order chi connectivity index (χ1) is 12.5. The molecule has 0 amide bonds. The summed E-state index contributed by atoms with van der Waals surface area (Å²) in [5.74, 6) is 0.332. The Morgan fingerprint density at radius 1 is 1.31 bits per heavy atom. The number of aromatic nitrogens is 2. The quantitative estimate of drug-likeness (QED) is 0.502. The lowest BCUT2D eigenvalue weighted by Crippen LogP contribution is -2.37. The number of fused-ring (bicyclic) bond motifs is 2. The average molecular weight is 358 g/mol. The van der Waals surface area contributed by atoms with E-state index in [0.717, 1.165) is 18.9 Å². The number of hydrogen-bond acceptors (Lipinski definition) is 8. The molecule has 2 fully saturated rings. The van der Waals surface area contributed by atoms with E-state index in [1.54, 1.807) is 0 Å². The van der Waals surface area contributed by atoms with Gasteiger partial charge in [-0.3, -0.25) is 10.1 Å². The number of piperidine rings is 1. The van der Waals surface area contributed by atoms with Crippen LogP contribution >= 0.6 is 0 Å². The van der Waals surface area contributed by atoms with E-state index in [0.29, 0.717) is 23.5 Å². The number of non-ortho nitro benzene ring substituents is 1. The number of carbonyl (C=O) groups excluding carboxylic acids is 1. The van der Waals surface area contributed by atoms with Gasteiger partial charge in [-0.2, -0.15) is 4.98 Å². The predicted octanol–water partition coefficient (Wildman–Crippen LogP) is 2.43. The van der Waals surface area contributed by atoms with E-state index in [-0.39, 0.29) is 23.1 Å². The summed E-state index contributed by atoms with van der Waals surface area (Å²) >= 11 is 0.